The summed E-state index contributed by atoms with van der Waals surface area (Å²) in [5, 5.41) is 3.43. The van der Waals surface area contributed by atoms with Crippen molar-refractivity contribution in [1.82, 2.24) is 10.2 Å². The summed E-state index contributed by atoms with van der Waals surface area (Å²) in [6, 6.07) is 6.02. The number of rotatable bonds is 11. The van der Waals surface area contributed by atoms with Crippen LogP contribution in [0.2, 0.25) is 0 Å². The van der Waals surface area contributed by atoms with E-state index >= 15 is 0 Å². The Balaban J connectivity index is 2.24. The largest absolute Gasteiger partial charge is 0.493 e. The summed E-state index contributed by atoms with van der Waals surface area (Å²) in [6.07, 6.45) is 6.21. The van der Waals surface area contributed by atoms with E-state index < -0.39 is 0 Å². The van der Waals surface area contributed by atoms with Crippen LogP contribution in [0.25, 0.3) is 6.08 Å². The van der Waals surface area contributed by atoms with Gasteiger partial charge in [0.05, 0.1) is 13.7 Å². The molecule has 0 saturated carbocycles. The fraction of sp³-hybridized carbons (Fsp3) is 0.556. The molecule has 0 spiro atoms. The lowest BCUT2D eigenvalue weighted by molar-refractivity contribution is 0.285. The minimum absolute atomic E-state index is 0.717. The minimum Gasteiger partial charge on any atom is -0.493 e. The van der Waals surface area contributed by atoms with Crippen molar-refractivity contribution in [3.63, 3.8) is 0 Å². The average molecular weight is 306 g/mol. The first kappa shape index (κ1) is 18.5. The maximum atomic E-state index is 5.82. The van der Waals surface area contributed by atoms with Gasteiger partial charge in [0, 0.05) is 13.1 Å². The highest BCUT2D eigenvalue weighted by atomic mass is 16.5. The summed E-state index contributed by atoms with van der Waals surface area (Å²) < 4.78 is 11.2. The Morgan fingerprint density at radius 1 is 1.14 bits per heavy atom. The van der Waals surface area contributed by atoms with E-state index in [-0.39, 0.29) is 0 Å². The van der Waals surface area contributed by atoms with Crippen LogP contribution in [0.3, 0.4) is 0 Å². The lowest BCUT2D eigenvalue weighted by Crippen LogP contribution is -2.27. The van der Waals surface area contributed by atoms with Crippen LogP contribution in [0, 0.1) is 0 Å². The number of methoxy groups -OCH3 is 1. The summed E-state index contributed by atoms with van der Waals surface area (Å²) in [7, 11) is 5.85. The maximum absolute atomic E-state index is 5.82. The Hall–Kier alpha value is -1.52. The van der Waals surface area contributed by atoms with Crippen molar-refractivity contribution < 1.29 is 9.47 Å². The molecule has 0 unspecified atom stereocenters. The van der Waals surface area contributed by atoms with Crippen LogP contribution in [-0.2, 0) is 0 Å². The van der Waals surface area contributed by atoms with E-state index in [4.69, 9.17) is 9.47 Å². The minimum atomic E-state index is 0.717. The number of likely N-dealkylation sites (N-methyl/N-ethyl adjacent to an activating group) is 1. The molecule has 0 bridgehead atoms. The fourth-order valence-electron chi connectivity index (χ4n) is 2.06. The Bertz CT molecular complexity index is 445. The smallest absolute Gasteiger partial charge is 0.161 e. The molecule has 0 fully saturated rings. The van der Waals surface area contributed by atoms with Crippen LogP contribution in [-0.4, -0.2) is 52.3 Å². The molecule has 0 aromatic heterocycles. The molecule has 1 aromatic carbocycles. The van der Waals surface area contributed by atoms with E-state index in [9.17, 15) is 0 Å². The third-order valence-corrected chi connectivity index (χ3v) is 3.29. The van der Waals surface area contributed by atoms with Gasteiger partial charge in [0.2, 0.25) is 0 Å². The number of unbranched alkanes of at least 4 members (excludes halogenated alkanes) is 1. The van der Waals surface area contributed by atoms with Gasteiger partial charge in [0.1, 0.15) is 0 Å². The molecule has 4 heteroatoms. The van der Waals surface area contributed by atoms with Gasteiger partial charge >= 0.3 is 0 Å². The quantitative estimate of drug-likeness (QED) is 0.637. The van der Waals surface area contributed by atoms with E-state index in [0.29, 0.717) is 6.61 Å². The highest BCUT2D eigenvalue weighted by Gasteiger charge is 2.04. The second-order valence-electron chi connectivity index (χ2n) is 5.52. The number of hydrogen-bond acceptors (Lipinski definition) is 4. The number of allylic oxidation sites excluding steroid dienone is 1. The first-order valence-corrected chi connectivity index (χ1v) is 7.96. The zero-order valence-corrected chi connectivity index (χ0v) is 14.4. The van der Waals surface area contributed by atoms with Gasteiger partial charge in [-0.2, -0.15) is 0 Å². The highest BCUT2D eigenvalue weighted by Crippen LogP contribution is 2.28. The second kappa shape index (κ2) is 11.1. The lowest BCUT2D eigenvalue weighted by Gasteiger charge is -2.12. The van der Waals surface area contributed by atoms with Gasteiger partial charge in [-0.1, -0.05) is 18.2 Å². The van der Waals surface area contributed by atoms with Crippen molar-refractivity contribution in [3.05, 3.63) is 29.8 Å². The molecule has 0 atom stereocenters. The Kier molecular flexibility index (Phi) is 9.35. The van der Waals surface area contributed by atoms with Crippen molar-refractivity contribution in [3.8, 4) is 11.5 Å². The first-order valence-electron chi connectivity index (χ1n) is 7.96. The molecule has 0 aliphatic heterocycles. The molecule has 0 saturated heterocycles. The van der Waals surface area contributed by atoms with E-state index in [1.807, 2.05) is 37.3 Å². The summed E-state index contributed by atoms with van der Waals surface area (Å²) >= 11 is 0. The Labute approximate surface area is 135 Å². The van der Waals surface area contributed by atoms with Gasteiger partial charge in [-0.3, -0.25) is 0 Å². The lowest BCUT2D eigenvalue weighted by atomic mass is 10.2. The summed E-state index contributed by atoms with van der Waals surface area (Å²) in [6.45, 7) is 5.87. The van der Waals surface area contributed by atoms with Gasteiger partial charge in [-0.15, -0.1) is 0 Å². The number of hydrogen-bond donors (Lipinski definition) is 1. The number of ether oxygens (including phenoxy) is 2. The summed E-state index contributed by atoms with van der Waals surface area (Å²) in [5.41, 5.74) is 1.12. The monoisotopic (exact) mass is 306 g/mol. The third kappa shape index (κ3) is 7.48. The zero-order valence-electron chi connectivity index (χ0n) is 14.4. The highest BCUT2D eigenvalue weighted by molar-refractivity contribution is 5.55. The van der Waals surface area contributed by atoms with Crippen LogP contribution < -0.4 is 14.8 Å². The number of nitrogens with one attached hydrogen (secondary N) is 1. The molecule has 4 nitrogen and oxygen atoms in total. The van der Waals surface area contributed by atoms with Crippen molar-refractivity contribution in [2.75, 3.05) is 47.4 Å². The number of benzene rings is 1. The average Bonchev–Trinajstić information content (AvgIpc) is 2.50. The standard InChI is InChI=1S/C18H30N2O2/c1-5-8-16-9-10-17(18(15-16)21-4)22-14-7-6-11-19-12-13-20(2)3/h5,8-10,15,19H,6-7,11-14H2,1-4H3/b8-5+. The van der Waals surface area contributed by atoms with Crippen molar-refractivity contribution in [2.24, 2.45) is 0 Å². The van der Waals surface area contributed by atoms with Crippen LogP contribution in [0.4, 0.5) is 0 Å². The molecule has 22 heavy (non-hydrogen) atoms. The molecule has 0 heterocycles. The molecule has 0 aliphatic rings. The zero-order chi connectivity index (χ0) is 16.2. The van der Waals surface area contributed by atoms with Gasteiger partial charge < -0.3 is 19.7 Å². The van der Waals surface area contributed by atoms with Gasteiger partial charge in [-0.05, 0) is 58.1 Å². The predicted molar refractivity (Wildman–Crippen MR) is 93.9 cm³/mol. The molecule has 1 rings (SSSR count). The topological polar surface area (TPSA) is 33.7 Å². The Morgan fingerprint density at radius 3 is 2.64 bits per heavy atom. The third-order valence-electron chi connectivity index (χ3n) is 3.29. The van der Waals surface area contributed by atoms with Gasteiger partial charge in [-0.25, -0.2) is 0 Å². The van der Waals surface area contributed by atoms with Gasteiger partial charge in [0.25, 0.3) is 0 Å². The SMILES string of the molecule is C/C=C/c1ccc(OCCCCNCCN(C)C)c(OC)c1. The number of nitrogens with zero attached hydrogens (tertiary/aromatic N) is 1. The predicted octanol–water partition coefficient (Wildman–Crippen LogP) is 3.04. The van der Waals surface area contributed by atoms with E-state index in [1.54, 1.807) is 7.11 Å². The molecule has 0 aliphatic carbocycles. The molecular formula is C18H30N2O2. The van der Waals surface area contributed by atoms with Crippen LogP contribution in [0.1, 0.15) is 25.3 Å². The van der Waals surface area contributed by atoms with E-state index in [0.717, 1.165) is 49.5 Å². The summed E-state index contributed by atoms with van der Waals surface area (Å²) in [5.74, 6) is 1.61. The van der Waals surface area contributed by atoms with E-state index in [2.05, 4.69) is 24.3 Å². The van der Waals surface area contributed by atoms with Crippen LogP contribution >= 0.6 is 0 Å². The van der Waals surface area contributed by atoms with E-state index in [1.165, 1.54) is 0 Å². The first-order chi connectivity index (χ1) is 10.7. The van der Waals surface area contributed by atoms with Crippen LogP contribution in [0.15, 0.2) is 24.3 Å². The second-order valence-corrected chi connectivity index (χ2v) is 5.52. The molecule has 1 N–H and O–H groups in total. The Morgan fingerprint density at radius 2 is 1.95 bits per heavy atom. The van der Waals surface area contributed by atoms with Crippen molar-refractivity contribution in [1.29, 1.82) is 0 Å². The van der Waals surface area contributed by atoms with Crippen molar-refractivity contribution >= 4 is 6.08 Å². The fourth-order valence-corrected chi connectivity index (χ4v) is 2.06. The van der Waals surface area contributed by atoms with Crippen LogP contribution in [0.5, 0.6) is 11.5 Å². The molecule has 0 radical (unpaired) electrons. The normalized spacial score (nSPS) is 11.3. The summed E-state index contributed by atoms with van der Waals surface area (Å²) in [4.78, 5) is 2.18. The molecule has 1 aromatic rings. The maximum Gasteiger partial charge on any atom is 0.161 e. The molecule has 0 amide bonds. The molecule has 124 valence electrons. The van der Waals surface area contributed by atoms with Gasteiger partial charge in [0.15, 0.2) is 11.5 Å². The van der Waals surface area contributed by atoms with Crippen molar-refractivity contribution in [2.45, 2.75) is 19.8 Å². The molecular weight excluding hydrogens is 276 g/mol.